The van der Waals surface area contributed by atoms with Crippen molar-refractivity contribution in [2.75, 3.05) is 25.0 Å². The largest absolute Gasteiger partial charge is 0.478 e. The van der Waals surface area contributed by atoms with Gasteiger partial charge in [0.1, 0.15) is 11.9 Å². The number of likely N-dealkylation sites (tertiary alicyclic amines) is 1. The zero-order valence-electron chi connectivity index (χ0n) is 21.9. The molecule has 7 nitrogen and oxygen atoms in total. The summed E-state index contributed by atoms with van der Waals surface area (Å²) >= 11 is 0. The first-order valence-electron chi connectivity index (χ1n) is 13.5. The Labute approximate surface area is 218 Å². The SMILES string of the molecule is CC(C)(C)C1(c2ccc(C3CC34CCN(C(=O)[C@H]3CCCO3)CC4)cc2)Nc2cc(C(=O)O)ccc2O1. The highest BCUT2D eigenvalue weighted by atomic mass is 16.5. The molecule has 7 heteroatoms. The van der Waals surface area contributed by atoms with Crippen LogP contribution in [-0.4, -0.2) is 47.7 Å². The van der Waals surface area contributed by atoms with Crippen LogP contribution in [0.1, 0.15) is 80.3 Å². The van der Waals surface area contributed by atoms with E-state index < -0.39 is 11.7 Å². The van der Waals surface area contributed by atoms with Crippen molar-refractivity contribution in [2.45, 2.75) is 70.6 Å². The second kappa shape index (κ2) is 8.48. The van der Waals surface area contributed by atoms with Crippen LogP contribution in [0.3, 0.4) is 0 Å². The first kappa shape index (κ1) is 24.3. The van der Waals surface area contributed by atoms with Gasteiger partial charge in [-0.05, 0) is 67.2 Å². The Bertz CT molecular complexity index is 1220. The number of nitrogens with zero attached hydrogens (tertiary/aromatic N) is 1. The molecule has 0 aromatic heterocycles. The summed E-state index contributed by atoms with van der Waals surface area (Å²) in [7, 11) is 0. The normalized spacial score (nSPS) is 27.9. The number of rotatable bonds is 4. The van der Waals surface area contributed by atoms with Crippen molar-refractivity contribution in [3.8, 4) is 5.75 Å². The van der Waals surface area contributed by atoms with Crippen LogP contribution in [-0.2, 0) is 15.3 Å². The standard InChI is InChI=1S/C30H36N2O5/c1-28(2,3)30(31-23-17-20(27(34)35)8-11-24(23)37-30)21-9-6-19(7-10-21)22-18-29(22)12-14-32(15-13-29)26(33)25-5-4-16-36-25/h6-11,17,22,25,31H,4-5,12-16,18H2,1-3H3,(H,34,35)/t22?,25-,30?/m1/s1. The van der Waals surface area contributed by atoms with Gasteiger partial charge in [0, 0.05) is 30.7 Å². The van der Waals surface area contributed by atoms with Crippen LogP contribution in [0.15, 0.2) is 42.5 Å². The van der Waals surface area contributed by atoms with Crippen LogP contribution >= 0.6 is 0 Å². The average molecular weight is 505 g/mol. The zero-order chi connectivity index (χ0) is 26.0. The first-order valence-corrected chi connectivity index (χ1v) is 13.5. The number of amides is 1. The van der Waals surface area contributed by atoms with E-state index in [-0.39, 0.29) is 23.0 Å². The van der Waals surface area contributed by atoms with Gasteiger partial charge >= 0.3 is 5.97 Å². The highest BCUT2D eigenvalue weighted by Gasteiger charge is 2.56. The van der Waals surface area contributed by atoms with E-state index in [0.29, 0.717) is 29.4 Å². The Morgan fingerprint density at radius 1 is 1.08 bits per heavy atom. The second-order valence-electron chi connectivity index (χ2n) is 12.2. The number of hydrogen-bond donors (Lipinski definition) is 2. The summed E-state index contributed by atoms with van der Waals surface area (Å²) in [5, 5.41) is 12.9. The molecule has 3 fully saturated rings. The van der Waals surface area contributed by atoms with E-state index in [0.717, 1.165) is 44.3 Å². The lowest BCUT2D eigenvalue weighted by Crippen LogP contribution is -2.48. The lowest BCUT2D eigenvalue weighted by Gasteiger charge is -2.41. The summed E-state index contributed by atoms with van der Waals surface area (Å²) in [5.41, 5.74) is 2.49. The maximum absolute atomic E-state index is 12.7. The molecule has 2 aromatic rings. The van der Waals surface area contributed by atoms with E-state index in [2.05, 4.69) is 50.4 Å². The molecule has 1 saturated carbocycles. The van der Waals surface area contributed by atoms with Crippen molar-refractivity contribution < 1.29 is 24.2 Å². The Morgan fingerprint density at radius 2 is 1.81 bits per heavy atom. The summed E-state index contributed by atoms with van der Waals surface area (Å²) in [5.74, 6) is 0.416. The van der Waals surface area contributed by atoms with Crippen molar-refractivity contribution in [1.82, 2.24) is 4.90 Å². The molecule has 6 rings (SSSR count). The van der Waals surface area contributed by atoms with E-state index in [1.165, 1.54) is 12.0 Å². The van der Waals surface area contributed by atoms with Gasteiger partial charge in [-0.15, -0.1) is 0 Å². The Balaban J connectivity index is 1.17. The van der Waals surface area contributed by atoms with Gasteiger partial charge in [0.15, 0.2) is 0 Å². The first-order chi connectivity index (χ1) is 17.6. The summed E-state index contributed by atoms with van der Waals surface area (Å²) < 4.78 is 12.1. The van der Waals surface area contributed by atoms with Gasteiger partial charge in [0.05, 0.1) is 11.3 Å². The van der Waals surface area contributed by atoms with Gasteiger partial charge < -0.3 is 24.8 Å². The van der Waals surface area contributed by atoms with Gasteiger partial charge in [-0.3, -0.25) is 4.79 Å². The van der Waals surface area contributed by atoms with Crippen LogP contribution in [0.2, 0.25) is 0 Å². The van der Waals surface area contributed by atoms with E-state index in [4.69, 9.17) is 9.47 Å². The minimum Gasteiger partial charge on any atom is -0.478 e. The number of benzene rings is 2. The third-order valence-corrected chi connectivity index (χ3v) is 9.04. The molecule has 4 aliphatic rings. The molecule has 2 saturated heterocycles. The molecule has 2 unspecified atom stereocenters. The van der Waals surface area contributed by atoms with Crippen molar-refractivity contribution in [1.29, 1.82) is 0 Å². The van der Waals surface area contributed by atoms with E-state index in [1.807, 2.05) is 4.90 Å². The highest BCUT2D eigenvalue weighted by Crippen LogP contribution is 2.65. The molecule has 2 aromatic carbocycles. The van der Waals surface area contributed by atoms with Crippen LogP contribution in [0.25, 0.3) is 0 Å². The molecular formula is C30H36N2O5. The molecule has 196 valence electrons. The van der Waals surface area contributed by atoms with Crippen LogP contribution in [0, 0.1) is 10.8 Å². The fraction of sp³-hybridized carbons (Fsp3) is 0.533. The third kappa shape index (κ3) is 3.99. The summed E-state index contributed by atoms with van der Waals surface area (Å²) in [4.78, 5) is 26.2. The van der Waals surface area contributed by atoms with Crippen LogP contribution < -0.4 is 10.1 Å². The summed E-state index contributed by atoms with van der Waals surface area (Å²) in [6, 6.07) is 13.7. The predicted octanol–water partition coefficient (Wildman–Crippen LogP) is 5.36. The Morgan fingerprint density at radius 3 is 2.43 bits per heavy atom. The maximum Gasteiger partial charge on any atom is 0.335 e. The number of aromatic carboxylic acids is 1. The number of carboxylic acids is 1. The molecule has 1 amide bonds. The molecule has 3 atom stereocenters. The van der Waals surface area contributed by atoms with Gasteiger partial charge in [-0.1, -0.05) is 45.0 Å². The lowest BCUT2D eigenvalue weighted by molar-refractivity contribution is -0.142. The number of nitrogens with one attached hydrogen (secondary N) is 1. The predicted molar refractivity (Wildman–Crippen MR) is 140 cm³/mol. The van der Waals surface area contributed by atoms with Crippen molar-refractivity contribution in [3.05, 3.63) is 59.2 Å². The van der Waals surface area contributed by atoms with Crippen molar-refractivity contribution in [2.24, 2.45) is 10.8 Å². The van der Waals surface area contributed by atoms with Gasteiger partial charge in [-0.2, -0.15) is 0 Å². The topological polar surface area (TPSA) is 88.1 Å². The van der Waals surface area contributed by atoms with Gasteiger partial charge in [0.2, 0.25) is 5.72 Å². The van der Waals surface area contributed by atoms with Crippen molar-refractivity contribution >= 4 is 17.6 Å². The van der Waals surface area contributed by atoms with Gasteiger partial charge in [0.25, 0.3) is 5.91 Å². The fourth-order valence-corrected chi connectivity index (χ4v) is 6.60. The average Bonchev–Trinajstić information content (AvgIpc) is 3.23. The van der Waals surface area contributed by atoms with E-state index in [1.54, 1.807) is 18.2 Å². The number of carboxylic acid groups (broad SMARTS) is 1. The number of ether oxygens (including phenoxy) is 2. The molecule has 0 bridgehead atoms. The molecule has 37 heavy (non-hydrogen) atoms. The molecular weight excluding hydrogens is 468 g/mol. The van der Waals surface area contributed by atoms with Gasteiger partial charge in [-0.25, -0.2) is 4.79 Å². The summed E-state index contributed by atoms with van der Waals surface area (Å²) in [6.45, 7) is 8.74. The Kier molecular flexibility index (Phi) is 5.57. The number of fused-ring (bicyclic) bond motifs is 1. The molecule has 0 radical (unpaired) electrons. The smallest absolute Gasteiger partial charge is 0.335 e. The third-order valence-electron chi connectivity index (χ3n) is 9.04. The number of anilines is 1. The number of hydrogen-bond acceptors (Lipinski definition) is 5. The minimum atomic E-state index is -0.956. The molecule has 3 aliphatic heterocycles. The van der Waals surface area contributed by atoms with Crippen LogP contribution in [0.4, 0.5) is 5.69 Å². The van der Waals surface area contributed by atoms with E-state index >= 15 is 0 Å². The fourth-order valence-electron chi connectivity index (χ4n) is 6.60. The maximum atomic E-state index is 12.7. The monoisotopic (exact) mass is 504 g/mol. The zero-order valence-corrected chi connectivity index (χ0v) is 21.9. The molecule has 1 spiro atoms. The number of carbonyl (C=O) groups excluding carboxylic acids is 1. The number of carbonyl (C=O) groups is 2. The minimum absolute atomic E-state index is 0.182. The quantitative estimate of drug-likeness (QED) is 0.583. The molecule has 3 heterocycles. The summed E-state index contributed by atoms with van der Waals surface area (Å²) in [6.07, 6.45) is 4.90. The Hall–Kier alpha value is -3.06. The second-order valence-corrected chi connectivity index (χ2v) is 12.2. The van der Waals surface area contributed by atoms with E-state index in [9.17, 15) is 14.7 Å². The number of piperidine rings is 1. The lowest BCUT2D eigenvalue weighted by atomic mass is 9.78. The van der Waals surface area contributed by atoms with Crippen LogP contribution in [0.5, 0.6) is 5.75 Å². The highest BCUT2D eigenvalue weighted by molar-refractivity contribution is 5.90. The molecule has 2 N–H and O–H groups in total. The van der Waals surface area contributed by atoms with Crippen molar-refractivity contribution in [3.63, 3.8) is 0 Å². The molecule has 1 aliphatic carbocycles.